The van der Waals surface area contributed by atoms with E-state index in [2.05, 4.69) is 15.5 Å². The van der Waals surface area contributed by atoms with E-state index in [1.807, 2.05) is 59.2 Å². The topological polar surface area (TPSA) is 69.0 Å². The maximum absolute atomic E-state index is 13.9. The predicted octanol–water partition coefficient (Wildman–Crippen LogP) is 5.47. The SMILES string of the molecule is COc1ccc(-n2c(SCC(=O)Nc3cc(Cl)ccc3F)nnc2-c2ccccc2)cc1. The van der Waals surface area contributed by atoms with E-state index in [0.717, 1.165) is 17.0 Å². The van der Waals surface area contributed by atoms with Gasteiger partial charge in [-0.2, -0.15) is 0 Å². The molecule has 6 nitrogen and oxygen atoms in total. The first-order chi connectivity index (χ1) is 15.5. The number of anilines is 1. The number of thioether (sulfide) groups is 1. The second kappa shape index (κ2) is 9.84. The lowest BCUT2D eigenvalue weighted by molar-refractivity contribution is -0.113. The summed E-state index contributed by atoms with van der Waals surface area (Å²) in [6.45, 7) is 0. The van der Waals surface area contributed by atoms with Gasteiger partial charge in [0.05, 0.1) is 18.6 Å². The Balaban J connectivity index is 1.60. The lowest BCUT2D eigenvalue weighted by atomic mass is 10.2. The number of hydrogen-bond donors (Lipinski definition) is 1. The van der Waals surface area contributed by atoms with Crippen LogP contribution in [0.25, 0.3) is 17.1 Å². The first-order valence-electron chi connectivity index (χ1n) is 9.58. The van der Waals surface area contributed by atoms with E-state index < -0.39 is 5.82 Å². The molecule has 32 heavy (non-hydrogen) atoms. The summed E-state index contributed by atoms with van der Waals surface area (Å²) in [5, 5.41) is 12.0. The van der Waals surface area contributed by atoms with Crippen LogP contribution in [0.4, 0.5) is 10.1 Å². The largest absolute Gasteiger partial charge is 0.497 e. The average Bonchev–Trinajstić information content (AvgIpc) is 3.25. The van der Waals surface area contributed by atoms with Gasteiger partial charge in [0.2, 0.25) is 5.91 Å². The molecule has 9 heteroatoms. The molecule has 0 bridgehead atoms. The quantitative estimate of drug-likeness (QED) is 0.364. The second-order valence-electron chi connectivity index (χ2n) is 6.67. The van der Waals surface area contributed by atoms with Crippen molar-refractivity contribution in [1.82, 2.24) is 14.8 Å². The molecule has 3 aromatic carbocycles. The van der Waals surface area contributed by atoms with Crippen LogP contribution in [0.3, 0.4) is 0 Å². The molecule has 1 N–H and O–H groups in total. The van der Waals surface area contributed by atoms with Crippen molar-refractivity contribution in [2.45, 2.75) is 5.16 Å². The van der Waals surface area contributed by atoms with Crippen molar-refractivity contribution in [3.05, 3.63) is 83.6 Å². The van der Waals surface area contributed by atoms with Crippen LogP contribution in [0.1, 0.15) is 0 Å². The molecule has 0 spiro atoms. The Morgan fingerprint density at radius 2 is 1.84 bits per heavy atom. The number of nitrogens with zero attached hydrogens (tertiary/aromatic N) is 3. The number of methoxy groups -OCH3 is 1. The summed E-state index contributed by atoms with van der Waals surface area (Å²) in [7, 11) is 1.60. The van der Waals surface area contributed by atoms with Crippen molar-refractivity contribution < 1.29 is 13.9 Å². The highest BCUT2D eigenvalue weighted by molar-refractivity contribution is 7.99. The van der Waals surface area contributed by atoms with Gasteiger partial charge in [0.15, 0.2) is 11.0 Å². The fourth-order valence-corrected chi connectivity index (χ4v) is 3.94. The van der Waals surface area contributed by atoms with Crippen LogP contribution in [-0.2, 0) is 4.79 Å². The zero-order chi connectivity index (χ0) is 22.5. The van der Waals surface area contributed by atoms with E-state index in [1.54, 1.807) is 7.11 Å². The smallest absolute Gasteiger partial charge is 0.234 e. The third-order valence-corrected chi connectivity index (χ3v) is 5.69. The van der Waals surface area contributed by atoms with Crippen LogP contribution in [-0.4, -0.2) is 33.5 Å². The number of amides is 1. The lowest BCUT2D eigenvalue weighted by Gasteiger charge is -2.11. The number of rotatable bonds is 7. The Bertz CT molecular complexity index is 1230. The van der Waals surface area contributed by atoms with Crippen LogP contribution in [0.2, 0.25) is 5.02 Å². The number of carbonyl (C=O) groups excluding carboxylic acids is 1. The zero-order valence-electron chi connectivity index (χ0n) is 17.0. The van der Waals surface area contributed by atoms with Gasteiger partial charge >= 0.3 is 0 Å². The lowest BCUT2D eigenvalue weighted by Crippen LogP contribution is -2.15. The fourth-order valence-electron chi connectivity index (χ4n) is 3.01. The molecule has 0 aliphatic rings. The third-order valence-electron chi connectivity index (χ3n) is 4.53. The van der Waals surface area contributed by atoms with Crippen LogP contribution in [0, 0.1) is 5.82 Å². The summed E-state index contributed by atoms with van der Waals surface area (Å²) in [5.41, 5.74) is 1.73. The van der Waals surface area contributed by atoms with Crippen LogP contribution >= 0.6 is 23.4 Å². The first-order valence-corrected chi connectivity index (χ1v) is 10.9. The third kappa shape index (κ3) is 4.92. The molecule has 0 radical (unpaired) electrons. The normalized spacial score (nSPS) is 10.7. The molecular formula is C23H18ClFN4O2S. The van der Waals surface area contributed by atoms with Crippen molar-refractivity contribution in [1.29, 1.82) is 0 Å². The standard InChI is InChI=1S/C23H18ClFN4O2S/c1-31-18-10-8-17(9-11-18)29-22(15-5-3-2-4-6-15)27-28-23(29)32-14-21(30)26-20-13-16(24)7-12-19(20)25/h2-13H,14H2,1H3,(H,26,30). The Morgan fingerprint density at radius 3 is 2.56 bits per heavy atom. The molecule has 0 saturated carbocycles. The molecule has 4 aromatic rings. The summed E-state index contributed by atoms with van der Waals surface area (Å²) in [6.07, 6.45) is 0. The monoisotopic (exact) mass is 468 g/mol. The van der Waals surface area contributed by atoms with Gasteiger partial charge in [0.25, 0.3) is 0 Å². The Kier molecular flexibility index (Phi) is 6.72. The molecule has 1 amide bonds. The Hall–Kier alpha value is -3.36. The molecule has 4 rings (SSSR count). The minimum absolute atomic E-state index is 0.00896. The minimum atomic E-state index is -0.555. The highest BCUT2D eigenvalue weighted by atomic mass is 35.5. The number of hydrogen-bond acceptors (Lipinski definition) is 5. The Labute approximate surface area is 193 Å². The summed E-state index contributed by atoms with van der Waals surface area (Å²) in [6, 6.07) is 21.1. The van der Waals surface area contributed by atoms with Gasteiger partial charge in [-0.15, -0.1) is 10.2 Å². The zero-order valence-corrected chi connectivity index (χ0v) is 18.5. The van der Waals surface area contributed by atoms with E-state index in [4.69, 9.17) is 16.3 Å². The number of halogens is 2. The Morgan fingerprint density at radius 1 is 1.09 bits per heavy atom. The molecule has 0 aliphatic carbocycles. The molecule has 0 aliphatic heterocycles. The number of carbonyl (C=O) groups is 1. The first kappa shape index (κ1) is 21.9. The minimum Gasteiger partial charge on any atom is -0.497 e. The van der Waals surface area contributed by atoms with Crippen molar-refractivity contribution in [3.63, 3.8) is 0 Å². The maximum Gasteiger partial charge on any atom is 0.234 e. The second-order valence-corrected chi connectivity index (χ2v) is 8.05. The van der Waals surface area contributed by atoms with Gasteiger partial charge < -0.3 is 10.1 Å². The molecule has 1 aromatic heterocycles. The maximum atomic E-state index is 13.9. The summed E-state index contributed by atoms with van der Waals surface area (Å²) >= 11 is 7.09. The highest BCUT2D eigenvalue weighted by Gasteiger charge is 2.18. The summed E-state index contributed by atoms with van der Waals surface area (Å²) < 4.78 is 21.0. The van der Waals surface area contributed by atoms with Crippen LogP contribution < -0.4 is 10.1 Å². The van der Waals surface area contributed by atoms with Crippen molar-refractivity contribution in [2.24, 2.45) is 0 Å². The van der Waals surface area contributed by atoms with Gasteiger partial charge in [-0.1, -0.05) is 53.7 Å². The molecule has 0 saturated heterocycles. The molecule has 162 valence electrons. The van der Waals surface area contributed by atoms with Crippen LogP contribution in [0.5, 0.6) is 5.75 Å². The summed E-state index contributed by atoms with van der Waals surface area (Å²) in [4.78, 5) is 12.4. The van der Waals surface area contributed by atoms with E-state index in [-0.39, 0.29) is 17.3 Å². The molecule has 0 atom stereocenters. The van der Waals surface area contributed by atoms with Crippen molar-refractivity contribution in [2.75, 3.05) is 18.2 Å². The van der Waals surface area contributed by atoms with E-state index in [0.29, 0.717) is 16.0 Å². The molecule has 0 unspecified atom stereocenters. The van der Waals surface area contributed by atoms with E-state index >= 15 is 0 Å². The van der Waals surface area contributed by atoms with Gasteiger partial charge in [-0.05, 0) is 42.5 Å². The van der Waals surface area contributed by atoms with Gasteiger partial charge in [0, 0.05) is 16.3 Å². The molecular weight excluding hydrogens is 451 g/mol. The summed E-state index contributed by atoms with van der Waals surface area (Å²) in [5.74, 6) is 0.427. The predicted molar refractivity (Wildman–Crippen MR) is 124 cm³/mol. The number of nitrogens with one attached hydrogen (secondary N) is 1. The van der Waals surface area contributed by atoms with Crippen molar-refractivity contribution >= 4 is 35.0 Å². The van der Waals surface area contributed by atoms with Gasteiger partial charge in [0.1, 0.15) is 11.6 Å². The number of benzene rings is 3. The molecule has 0 fully saturated rings. The van der Waals surface area contributed by atoms with E-state index in [9.17, 15) is 9.18 Å². The number of aromatic nitrogens is 3. The fraction of sp³-hybridized carbons (Fsp3) is 0.0870. The van der Waals surface area contributed by atoms with E-state index in [1.165, 1.54) is 30.0 Å². The highest BCUT2D eigenvalue weighted by Crippen LogP contribution is 2.29. The molecule has 1 heterocycles. The van der Waals surface area contributed by atoms with Gasteiger partial charge in [-0.25, -0.2) is 4.39 Å². The average molecular weight is 469 g/mol. The number of ether oxygens (including phenoxy) is 1. The van der Waals surface area contributed by atoms with Crippen molar-refractivity contribution in [3.8, 4) is 22.8 Å². The van der Waals surface area contributed by atoms with Crippen LogP contribution in [0.15, 0.2) is 78.0 Å². The van der Waals surface area contributed by atoms with Gasteiger partial charge in [-0.3, -0.25) is 9.36 Å².